The number of carboxylic acids is 1. The number of carboxylic acid groups (broad SMARTS) is 1. The molecule has 0 unspecified atom stereocenters. The van der Waals surface area contributed by atoms with E-state index in [0.717, 1.165) is 18.2 Å². The number of aryl methyl sites for hydroxylation is 1. The summed E-state index contributed by atoms with van der Waals surface area (Å²) >= 11 is 0. The van der Waals surface area contributed by atoms with E-state index in [9.17, 15) is 9.18 Å². The zero-order valence-corrected chi connectivity index (χ0v) is 10.3. The highest BCUT2D eigenvalue weighted by molar-refractivity contribution is 5.87. The van der Waals surface area contributed by atoms with Gasteiger partial charge in [-0.3, -0.25) is 4.68 Å². The molecule has 5 nitrogen and oxygen atoms in total. The van der Waals surface area contributed by atoms with Crippen molar-refractivity contribution in [3.8, 4) is 5.75 Å². The molecule has 100 valence electrons. The second-order valence-corrected chi connectivity index (χ2v) is 3.94. The van der Waals surface area contributed by atoms with Crippen LogP contribution in [-0.4, -0.2) is 20.9 Å². The van der Waals surface area contributed by atoms with Gasteiger partial charge < -0.3 is 9.84 Å². The van der Waals surface area contributed by atoms with Crippen molar-refractivity contribution >= 4 is 5.97 Å². The Kier molecular flexibility index (Phi) is 3.79. The molecule has 19 heavy (non-hydrogen) atoms. The molecule has 0 fully saturated rings. The average Bonchev–Trinajstić information content (AvgIpc) is 2.85. The molecule has 1 heterocycles. The molecule has 1 aromatic carbocycles. The minimum Gasteiger partial charge on any atom is -0.486 e. The predicted octanol–water partition coefficient (Wildman–Crippen LogP) is 2.32. The van der Waals surface area contributed by atoms with E-state index < -0.39 is 11.8 Å². The van der Waals surface area contributed by atoms with Crippen molar-refractivity contribution in [3.63, 3.8) is 0 Å². The van der Waals surface area contributed by atoms with E-state index in [0.29, 0.717) is 0 Å². The summed E-state index contributed by atoms with van der Waals surface area (Å²) < 4.78 is 20.6. The number of aromatic carboxylic acids is 1. The van der Waals surface area contributed by atoms with E-state index in [1.165, 1.54) is 12.1 Å². The van der Waals surface area contributed by atoms with Gasteiger partial charge in [0.15, 0.2) is 11.6 Å². The molecule has 0 aliphatic heterocycles. The number of ether oxygens (including phenoxy) is 1. The van der Waals surface area contributed by atoms with Crippen molar-refractivity contribution in [2.75, 3.05) is 0 Å². The SMILES string of the molecule is CCn1cc(COc2ccc(C(=O)O)cc2F)cn1. The maximum atomic E-state index is 13.6. The van der Waals surface area contributed by atoms with E-state index in [4.69, 9.17) is 9.84 Å². The van der Waals surface area contributed by atoms with E-state index in [1.54, 1.807) is 10.9 Å². The number of rotatable bonds is 5. The third kappa shape index (κ3) is 3.09. The molecule has 6 heteroatoms. The molecule has 0 atom stereocenters. The number of carbonyl (C=O) groups is 1. The van der Waals surface area contributed by atoms with Crippen molar-refractivity contribution < 1.29 is 19.0 Å². The first-order chi connectivity index (χ1) is 9.10. The van der Waals surface area contributed by atoms with Crippen LogP contribution in [0.4, 0.5) is 4.39 Å². The van der Waals surface area contributed by atoms with Gasteiger partial charge in [0, 0.05) is 18.3 Å². The Balaban J connectivity index is 2.05. The van der Waals surface area contributed by atoms with Gasteiger partial charge in [-0.15, -0.1) is 0 Å². The maximum Gasteiger partial charge on any atom is 0.335 e. The Hall–Kier alpha value is -2.37. The monoisotopic (exact) mass is 264 g/mol. The fourth-order valence-electron chi connectivity index (χ4n) is 1.57. The molecule has 0 saturated carbocycles. The molecule has 2 rings (SSSR count). The highest BCUT2D eigenvalue weighted by Gasteiger charge is 2.09. The van der Waals surface area contributed by atoms with E-state index >= 15 is 0 Å². The Morgan fingerprint density at radius 2 is 2.32 bits per heavy atom. The molecule has 0 radical (unpaired) electrons. The lowest BCUT2D eigenvalue weighted by atomic mass is 10.2. The number of benzene rings is 1. The van der Waals surface area contributed by atoms with Crippen LogP contribution in [0.25, 0.3) is 0 Å². The van der Waals surface area contributed by atoms with Crippen LogP contribution in [0.3, 0.4) is 0 Å². The zero-order valence-electron chi connectivity index (χ0n) is 10.3. The molecule has 0 aliphatic carbocycles. The van der Waals surface area contributed by atoms with Gasteiger partial charge in [0.05, 0.1) is 11.8 Å². The lowest BCUT2D eigenvalue weighted by Gasteiger charge is -2.06. The summed E-state index contributed by atoms with van der Waals surface area (Å²) in [7, 11) is 0. The molecule has 0 bridgehead atoms. The van der Waals surface area contributed by atoms with Gasteiger partial charge in [-0.25, -0.2) is 9.18 Å². The van der Waals surface area contributed by atoms with Crippen LogP contribution in [-0.2, 0) is 13.2 Å². The standard InChI is InChI=1S/C13H13FN2O3/c1-2-16-7-9(6-15-16)8-19-12-4-3-10(13(17)18)5-11(12)14/h3-7H,2,8H2,1H3,(H,17,18). The summed E-state index contributed by atoms with van der Waals surface area (Å²) in [6.07, 6.45) is 3.45. The smallest absolute Gasteiger partial charge is 0.335 e. The molecule has 0 spiro atoms. The first-order valence-electron chi connectivity index (χ1n) is 5.77. The Morgan fingerprint density at radius 3 is 2.89 bits per heavy atom. The quantitative estimate of drug-likeness (QED) is 0.900. The number of hydrogen-bond acceptors (Lipinski definition) is 3. The lowest BCUT2D eigenvalue weighted by Crippen LogP contribution is -2.00. The fraction of sp³-hybridized carbons (Fsp3) is 0.231. The largest absolute Gasteiger partial charge is 0.486 e. The van der Waals surface area contributed by atoms with Crippen LogP contribution in [0.5, 0.6) is 5.75 Å². The first-order valence-corrected chi connectivity index (χ1v) is 5.77. The third-order valence-electron chi connectivity index (χ3n) is 2.58. The molecule has 1 aromatic heterocycles. The topological polar surface area (TPSA) is 64.3 Å². The number of halogens is 1. The third-order valence-corrected chi connectivity index (χ3v) is 2.58. The first kappa shape index (κ1) is 13.1. The van der Waals surface area contributed by atoms with Gasteiger partial charge in [0.2, 0.25) is 0 Å². The van der Waals surface area contributed by atoms with Crippen molar-refractivity contribution in [1.29, 1.82) is 0 Å². The van der Waals surface area contributed by atoms with Crippen LogP contribution in [0.1, 0.15) is 22.8 Å². The van der Waals surface area contributed by atoms with Crippen LogP contribution in [0.2, 0.25) is 0 Å². The summed E-state index contributed by atoms with van der Waals surface area (Å²) in [6.45, 7) is 2.90. The van der Waals surface area contributed by atoms with E-state index in [-0.39, 0.29) is 17.9 Å². The van der Waals surface area contributed by atoms with Crippen LogP contribution >= 0.6 is 0 Å². The number of nitrogens with zero attached hydrogens (tertiary/aromatic N) is 2. The number of aromatic nitrogens is 2. The van der Waals surface area contributed by atoms with Crippen LogP contribution in [0.15, 0.2) is 30.6 Å². The molecular formula is C13H13FN2O3. The van der Waals surface area contributed by atoms with Crippen LogP contribution < -0.4 is 4.74 Å². The van der Waals surface area contributed by atoms with Crippen molar-refractivity contribution in [3.05, 3.63) is 47.5 Å². The summed E-state index contributed by atoms with van der Waals surface area (Å²) in [5.41, 5.74) is 0.715. The fourth-order valence-corrected chi connectivity index (χ4v) is 1.57. The van der Waals surface area contributed by atoms with Gasteiger partial charge in [-0.1, -0.05) is 0 Å². The van der Waals surface area contributed by atoms with Crippen LogP contribution in [0, 0.1) is 5.82 Å². The summed E-state index contributed by atoms with van der Waals surface area (Å²) in [6, 6.07) is 3.55. The molecule has 0 aliphatic rings. The highest BCUT2D eigenvalue weighted by atomic mass is 19.1. The molecule has 1 N–H and O–H groups in total. The van der Waals surface area contributed by atoms with Crippen molar-refractivity contribution in [1.82, 2.24) is 9.78 Å². The number of hydrogen-bond donors (Lipinski definition) is 1. The highest BCUT2D eigenvalue weighted by Crippen LogP contribution is 2.19. The Morgan fingerprint density at radius 1 is 1.53 bits per heavy atom. The van der Waals surface area contributed by atoms with E-state index in [1.807, 2.05) is 13.1 Å². The van der Waals surface area contributed by atoms with Gasteiger partial charge in [0.25, 0.3) is 0 Å². The molecule has 0 amide bonds. The molecule has 0 saturated heterocycles. The second kappa shape index (κ2) is 5.51. The van der Waals surface area contributed by atoms with Gasteiger partial charge in [-0.2, -0.15) is 5.10 Å². The minimum absolute atomic E-state index is 0.0225. The summed E-state index contributed by atoms with van der Waals surface area (Å²) in [5, 5.41) is 12.8. The maximum absolute atomic E-state index is 13.6. The van der Waals surface area contributed by atoms with Gasteiger partial charge in [0.1, 0.15) is 6.61 Å². The second-order valence-electron chi connectivity index (χ2n) is 3.94. The Labute approximate surface area is 109 Å². The van der Waals surface area contributed by atoms with Crippen molar-refractivity contribution in [2.45, 2.75) is 20.1 Å². The lowest BCUT2D eigenvalue weighted by molar-refractivity contribution is 0.0696. The average molecular weight is 264 g/mol. The molecular weight excluding hydrogens is 251 g/mol. The zero-order chi connectivity index (χ0) is 13.8. The Bertz CT molecular complexity index is 595. The van der Waals surface area contributed by atoms with Gasteiger partial charge >= 0.3 is 5.97 Å². The minimum atomic E-state index is -1.17. The van der Waals surface area contributed by atoms with Crippen molar-refractivity contribution in [2.24, 2.45) is 0 Å². The predicted molar refractivity (Wildman–Crippen MR) is 65.6 cm³/mol. The molecule has 2 aromatic rings. The van der Waals surface area contributed by atoms with E-state index in [2.05, 4.69) is 5.10 Å². The summed E-state index contributed by atoms with van der Waals surface area (Å²) in [5.74, 6) is -1.84. The summed E-state index contributed by atoms with van der Waals surface area (Å²) in [4.78, 5) is 10.7. The normalized spacial score (nSPS) is 10.4. The van der Waals surface area contributed by atoms with Gasteiger partial charge in [-0.05, 0) is 25.1 Å².